The number of methoxy groups -OCH3 is 1. The maximum absolute atomic E-state index is 12.1. The van der Waals surface area contributed by atoms with Crippen molar-refractivity contribution in [3.63, 3.8) is 0 Å². The van der Waals surface area contributed by atoms with Crippen LogP contribution >= 0.6 is 11.6 Å². The van der Waals surface area contributed by atoms with Gasteiger partial charge in [0.05, 0.1) is 30.4 Å². The number of imidazole rings is 1. The molecule has 1 amide bonds. The Kier molecular flexibility index (Phi) is 8.13. The third-order valence-corrected chi connectivity index (χ3v) is 5.55. The van der Waals surface area contributed by atoms with Crippen LogP contribution in [0.2, 0.25) is 5.02 Å². The first-order valence-electron chi connectivity index (χ1n) is 8.85. The molecule has 0 aliphatic rings. The molecule has 0 bridgehead atoms. The third-order valence-electron chi connectivity index (χ3n) is 4.06. The van der Waals surface area contributed by atoms with Crippen molar-refractivity contribution in [1.29, 1.82) is 0 Å². The molecule has 0 fully saturated rings. The molecule has 0 saturated carbocycles. The number of sulfonamides is 1. The summed E-state index contributed by atoms with van der Waals surface area (Å²) in [4.78, 5) is 15.9. The van der Waals surface area contributed by atoms with Gasteiger partial charge < -0.3 is 14.6 Å². The van der Waals surface area contributed by atoms with Crippen molar-refractivity contribution in [2.24, 2.45) is 0 Å². The van der Waals surface area contributed by atoms with E-state index in [0.29, 0.717) is 29.4 Å². The number of halogens is 1. The first kappa shape index (κ1) is 22.0. The van der Waals surface area contributed by atoms with Crippen molar-refractivity contribution in [1.82, 2.24) is 14.9 Å². The molecule has 0 aliphatic carbocycles. The molecule has 0 saturated heterocycles. The summed E-state index contributed by atoms with van der Waals surface area (Å²) in [5, 5.41) is 3.17. The number of anilines is 1. The van der Waals surface area contributed by atoms with Crippen molar-refractivity contribution in [3.05, 3.63) is 41.9 Å². The molecule has 0 spiro atoms. The number of hydrogen-bond acceptors (Lipinski definition) is 5. The van der Waals surface area contributed by atoms with E-state index in [1.807, 2.05) is 10.8 Å². The number of aromatic nitrogens is 2. The SMILES string of the molecule is COc1ccc(N(CCCC(=O)NCCCn2ccnc2)S(C)(=O)=O)cc1Cl. The molecule has 0 aliphatic heterocycles. The Labute approximate surface area is 170 Å². The second-order valence-electron chi connectivity index (χ2n) is 6.26. The molecule has 0 atom stereocenters. The fraction of sp³-hybridized carbons (Fsp3) is 0.444. The average molecular weight is 429 g/mol. The van der Waals surface area contributed by atoms with Crippen LogP contribution in [0.3, 0.4) is 0 Å². The molecule has 2 rings (SSSR count). The van der Waals surface area contributed by atoms with Gasteiger partial charge in [-0.3, -0.25) is 9.10 Å². The van der Waals surface area contributed by atoms with Crippen molar-refractivity contribution >= 4 is 33.2 Å². The Morgan fingerprint density at radius 1 is 1.36 bits per heavy atom. The molecule has 0 unspecified atom stereocenters. The first-order chi connectivity index (χ1) is 13.3. The van der Waals surface area contributed by atoms with Gasteiger partial charge in [0.25, 0.3) is 0 Å². The summed E-state index contributed by atoms with van der Waals surface area (Å²) in [5.74, 6) is 0.362. The van der Waals surface area contributed by atoms with Gasteiger partial charge in [-0.2, -0.15) is 0 Å². The second kappa shape index (κ2) is 10.3. The van der Waals surface area contributed by atoms with E-state index in [9.17, 15) is 13.2 Å². The van der Waals surface area contributed by atoms with Gasteiger partial charge >= 0.3 is 0 Å². The number of carbonyl (C=O) groups is 1. The number of benzene rings is 1. The van der Waals surface area contributed by atoms with E-state index in [-0.39, 0.29) is 18.9 Å². The fourth-order valence-corrected chi connectivity index (χ4v) is 3.89. The van der Waals surface area contributed by atoms with Crippen LogP contribution in [-0.4, -0.2) is 50.3 Å². The summed E-state index contributed by atoms with van der Waals surface area (Å²) in [6.45, 7) is 1.52. The Hall–Kier alpha value is -2.26. The number of nitrogens with zero attached hydrogens (tertiary/aromatic N) is 3. The van der Waals surface area contributed by atoms with Crippen LogP contribution in [0.25, 0.3) is 0 Å². The van der Waals surface area contributed by atoms with Crippen LogP contribution in [0, 0.1) is 0 Å². The molecule has 0 radical (unpaired) electrons. The summed E-state index contributed by atoms with van der Waals surface area (Å²) in [7, 11) is -2.02. The van der Waals surface area contributed by atoms with E-state index in [1.165, 1.54) is 17.5 Å². The van der Waals surface area contributed by atoms with Gasteiger partial charge in [-0.25, -0.2) is 13.4 Å². The minimum atomic E-state index is -3.50. The van der Waals surface area contributed by atoms with E-state index in [4.69, 9.17) is 16.3 Å². The van der Waals surface area contributed by atoms with E-state index >= 15 is 0 Å². The minimum Gasteiger partial charge on any atom is -0.495 e. The van der Waals surface area contributed by atoms with Crippen molar-refractivity contribution in [3.8, 4) is 5.75 Å². The molecular formula is C18H25ClN4O4S. The molecular weight excluding hydrogens is 404 g/mol. The molecule has 1 N–H and O–H groups in total. The van der Waals surface area contributed by atoms with Crippen molar-refractivity contribution in [2.75, 3.05) is 30.8 Å². The van der Waals surface area contributed by atoms with Crippen LogP contribution in [0.5, 0.6) is 5.75 Å². The van der Waals surface area contributed by atoms with Gasteiger partial charge in [-0.05, 0) is 31.0 Å². The zero-order valence-corrected chi connectivity index (χ0v) is 17.5. The smallest absolute Gasteiger partial charge is 0.232 e. The summed E-state index contributed by atoms with van der Waals surface area (Å²) in [6.07, 6.45) is 7.86. The zero-order chi connectivity index (χ0) is 20.6. The normalized spacial score (nSPS) is 11.2. The third kappa shape index (κ3) is 6.72. The number of ether oxygens (including phenoxy) is 1. The standard InChI is InChI=1S/C18H25ClN4O4S/c1-27-17-7-6-15(13-16(17)19)23(28(2,25)26)11-3-5-18(24)21-8-4-10-22-12-9-20-14-22/h6-7,9,12-14H,3-5,8,10-11H2,1-2H3,(H,21,24). The molecule has 8 nitrogen and oxygen atoms in total. The average Bonchev–Trinajstić information content (AvgIpc) is 3.15. The summed E-state index contributed by atoms with van der Waals surface area (Å²) in [6, 6.07) is 4.78. The predicted octanol–water partition coefficient (Wildman–Crippen LogP) is 2.30. The number of rotatable bonds is 11. The quantitative estimate of drug-likeness (QED) is 0.554. The highest BCUT2D eigenvalue weighted by atomic mass is 35.5. The molecule has 28 heavy (non-hydrogen) atoms. The second-order valence-corrected chi connectivity index (χ2v) is 8.58. The summed E-state index contributed by atoms with van der Waals surface area (Å²) >= 11 is 6.10. The Morgan fingerprint density at radius 3 is 2.75 bits per heavy atom. The van der Waals surface area contributed by atoms with Crippen molar-refractivity contribution in [2.45, 2.75) is 25.8 Å². The van der Waals surface area contributed by atoms with Gasteiger partial charge in [0, 0.05) is 38.4 Å². The predicted molar refractivity (Wildman–Crippen MR) is 109 cm³/mol. The molecule has 1 aromatic heterocycles. The lowest BCUT2D eigenvalue weighted by molar-refractivity contribution is -0.121. The minimum absolute atomic E-state index is 0.105. The zero-order valence-electron chi connectivity index (χ0n) is 16.0. The Morgan fingerprint density at radius 2 is 2.14 bits per heavy atom. The highest BCUT2D eigenvalue weighted by Crippen LogP contribution is 2.30. The van der Waals surface area contributed by atoms with E-state index in [2.05, 4.69) is 10.3 Å². The van der Waals surface area contributed by atoms with Gasteiger partial charge in [0.1, 0.15) is 5.75 Å². The molecule has 2 aromatic rings. The maximum atomic E-state index is 12.1. The summed E-state index contributed by atoms with van der Waals surface area (Å²) < 4.78 is 32.6. The van der Waals surface area contributed by atoms with Gasteiger partial charge in [-0.1, -0.05) is 11.6 Å². The largest absolute Gasteiger partial charge is 0.495 e. The van der Waals surface area contributed by atoms with Crippen LogP contribution in [0.15, 0.2) is 36.9 Å². The van der Waals surface area contributed by atoms with Gasteiger partial charge in [0.15, 0.2) is 0 Å². The lowest BCUT2D eigenvalue weighted by atomic mass is 10.2. The van der Waals surface area contributed by atoms with Crippen LogP contribution in [-0.2, 0) is 21.4 Å². The van der Waals surface area contributed by atoms with Crippen LogP contribution in [0.1, 0.15) is 19.3 Å². The molecule has 154 valence electrons. The monoisotopic (exact) mass is 428 g/mol. The van der Waals surface area contributed by atoms with E-state index in [0.717, 1.165) is 19.2 Å². The van der Waals surface area contributed by atoms with Gasteiger partial charge in [0.2, 0.25) is 15.9 Å². The topological polar surface area (TPSA) is 93.5 Å². The van der Waals surface area contributed by atoms with Crippen molar-refractivity contribution < 1.29 is 17.9 Å². The maximum Gasteiger partial charge on any atom is 0.232 e. The first-order valence-corrected chi connectivity index (χ1v) is 11.1. The number of aryl methyl sites for hydroxylation is 1. The van der Waals surface area contributed by atoms with E-state index < -0.39 is 10.0 Å². The molecule has 10 heteroatoms. The fourth-order valence-electron chi connectivity index (χ4n) is 2.68. The number of nitrogens with one attached hydrogen (secondary N) is 1. The number of carbonyl (C=O) groups excluding carboxylic acids is 1. The van der Waals surface area contributed by atoms with Crippen LogP contribution in [0.4, 0.5) is 5.69 Å². The number of amides is 1. The van der Waals surface area contributed by atoms with Gasteiger partial charge in [-0.15, -0.1) is 0 Å². The number of hydrogen-bond donors (Lipinski definition) is 1. The summed E-state index contributed by atoms with van der Waals surface area (Å²) in [5.41, 5.74) is 0.439. The van der Waals surface area contributed by atoms with Crippen LogP contribution < -0.4 is 14.4 Å². The lowest BCUT2D eigenvalue weighted by Crippen LogP contribution is -2.32. The highest BCUT2D eigenvalue weighted by Gasteiger charge is 2.18. The molecule has 1 heterocycles. The van der Waals surface area contributed by atoms with E-state index in [1.54, 1.807) is 24.7 Å². The highest BCUT2D eigenvalue weighted by molar-refractivity contribution is 7.92. The Bertz CT molecular complexity index is 872. The lowest BCUT2D eigenvalue weighted by Gasteiger charge is -2.23. The molecule has 1 aromatic carbocycles. The Balaban J connectivity index is 1.81.